The van der Waals surface area contributed by atoms with Gasteiger partial charge in [0.1, 0.15) is 11.8 Å². The van der Waals surface area contributed by atoms with E-state index >= 15 is 0 Å². The van der Waals surface area contributed by atoms with Crippen molar-refractivity contribution < 1.29 is 100 Å². The lowest BCUT2D eigenvalue weighted by molar-refractivity contribution is -0.323. The first kappa shape index (κ1) is 44.7. The molecule has 2 N–H and O–H groups in total. The Kier molecular flexibility index (Phi) is 15.0. The molecule has 58 heavy (non-hydrogen) atoms. The van der Waals surface area contributed by atoms with E-state index in [1.54, 1.807) is 6.92 Å². The van der Waals surface area contributed by atoms with Crippen LogP contribution in [-0.4, -0.2) is 140 Å². The molecule has 22 heteroatoms. The van der Waals surface area contributed by atoms with E-state index in [9.17, 15) is 43.5 Å². The average molecular weight is 826 g/mol. The number of carbonyl (C=O) groups is 8. The number of methoxy groups -OCH3 is 1. The third-order valence-electron chi connectivity index (χ3n) is 8.22. The van der Waals surface area contributed by atoms with Gasteiger partial charge < -0.3 is 66.9 Å². The van der Waals surface area contributed by atoms with Crippen LogP contribution in [0.4, 0.5) is 0 Å². The molecule has 318 valence electrons. The molecule has 2 aromatic rings. The van der Waals surface area contributed by atoms with Gasteiger partial charge in [-0.3, -0.25) is 28.8 Å². The molecule has 4 rings (SSSR count). The monoisotopic (exact) mass is 825 g/mol. The van der Waals surface area contributed by atoms with Crippen LogP contribution in [0.25, 0.3) is 10.9 Å². The molecule has 10 atom stereocenters. The zero-order valence-electron chi connectivity index (χ0n) is 32.5. The summed E-state index contributed by atoms with van der Waals surface area (Å²) in [5, 5.41) is 9.96. The summed E-state index contributed by atoms with van der Waals surface area (Å²) in [7, 11) is 0.995. The quantitative estimate of drug-likeness (QED) is 0.186. The summed E-state index contributed by atoms with van der Waals surface area (Å²) in [6, 6.07) is 4.22. The van der Waals surface area contributed by atoms with Crippen molar-refractivity contribution >= 4 is 58.7 Å². The van der Waals surface area contributed by atoms with Crippen LogP contribution in [0.3, 0.4) is 0 Å². The molecule has 2 aliphatic heterocycles. The number of H-pyrrole nitrogens is 1. The summed E-state index contributed by atoms with van der Waals surface area (Å²) >= 11 is 0. The van der Waals surface area contributed by atoms with Crippen molar-refractivity contribution in [2.45, 2.75) is 110 Å². The second-order valence-corrected chi connectivity index (χ2v) is 12.7. The number of carboxylic acid groups (broad SMARTS) is 1. The first-order chi connectivity index (χ1) is 27.3. The lowest BCUT2D eigenvalue weighted by Crippen LogP contribution is -2.65. The number of ether oxygens (including phenoxy) is 12. The molecule has 0 amide bonds. The number of fused-ring (bicyclic) bond motifs is 1. The number of rotatable bonds is 15. The number of esters is 7. The molecule has 1 aromatic carbocycles. The van der Waals surface area contributed by atoms with Gasteiger partial charge in [-0.1, -0.05) is 0 Å². The van der Waals surface area contributed by atoms with Crippen LogP contribution in [-0.2, 0) is 80.9 Å². The Bertz CT molecular complexity index is 1890. The number of aromatic nitrogens is 1. The number of carbonyl (C=O) groups excluding carboxylic acids is 7. The highest BCUT2D eigenvalue weighted by molar-refractivity contribution is 5.95. The summed E-state index contributed by atoms with van der Waals surface area (Å²) in [5.74, 6) is -7.92. The largest absolute Gasteiger partial charge is 0.490 e. The summed E-state index contributed by atoms with van der Waals surface area (Å²) in [6.07, 6.45) is -17.1. The van der Waals surface area contributed by atoms with E-state index in [1.165, 1.54) is 18.2 Å². The summed E-state index contributed by atoms with van der Waals surface area (Å²) in [6.45, 7) is 7.12. The molecule has 0 spiro atoms. The molecular formula is C36H43NO21. The first-order valence-corrected chi connectivity index (χ1v) is 17.6. The van der Waals surface area contributed by atoms with Gasteiger partial charge in [-0.2, -0.15) is 0 Å². The van der Waals surface area contributed by atoms with Crippen LogP contribution in [0.1, 0.15) is 59.0 Å². The van der Waals surface area contributed by atoms with Crippen LogP contribution < -0.4 is 9.47 Å². The van der Waals surface area contributed by atoms with E-state index in [0.717, 1.165) is 48.7 Å². The Hall–Kier alpha value is -6.00. The maximum atomic E-state index is 12.9. The highest BCUT2D eigenvalue weighted by Gasteiger charge is 2.57. The van der Waals surface area contributed by atoms with Crippen molar-refractivity contribution in [1.29, 1.82) is 0 Å². The molecule has 2 fully saturated rings. The average Bonchev–Trinajstić information content (AvgIpc) is 3.54. The van der Waals surface area contributed by atoms with Crippen molar-refractivity contribution in [3.05, 3.63) is 23.9 Å². The molecule has 0 radical (unpaired) electrons. The summed E-state index contributed by atoms with van der Waals surface area (Å²) in [4.78, 5) is 102. The molecule has 3 heterocycles. The number of hydrogen-bond donors (Lipinski definition) is 2. The molecule has 0 unspecified atom stereocenters. The topological polar surface area (TPSA) is 283 Å². The van der Waals surface area contributed by atoms with Crippen LogP contribution in [0.15, 0.2) is 18.2 Å². The van der Waals surface area contributed by atoms with Crippen molar-refractivity contribution in [2.24, 2.45) is 0 Å². The Labute approximate surface area is 329 Å². The second kappa shape index (κ2) is 19.4. The van der Waals surface area contributed by atoms with Gasteiger partial charge in [0.25, 0.3) is 0 Å². The minimum Gasteiger partial charge on any atom is -0.490 e. The molecular weight excluding hydrogens is 782 g/mol. The zero-order chi connectivity index (χ0) is 43.0. The minimum atomic E-state index is -1.84. The van der Waals surface area contributed by atoms with Gasteiger partial charge >= 0.3 is 47.8 Å². The van der Waals surface area contributed by atoms with Crippen molar-refractivity contribution in [3.8, 4) is 11.5 Å². The van der Waals surface area contributed by atoms with Gasteiger partial charge in [-0.05, 0) is 19.1 Å². The normalized spacial score (nSPS) is 26.6. The van der Waals surface area contributed by atoms with Gasteiger partial charge in [0.05, 0.1) is 25.8 Å². The van der Waals surface area contributed by atoms with E-state index in [1.807, 2.05) is 0 Å². The number of carboxylic acids is 1. The van der Waals surface area contributed by atoms with Crippen LogP contribution in [0.5, 0.6) is 11.5 Å². The SMILES string of the molecule is CCOc1cc2cc(C(=O)O)[nH]c2cc1O[C@@H]1O[C@H](CO[C@@H]2O[C@@H](C(=O)OC)[C@@H](OC(C)=O)[C@H](OC(C)=O)[C@H]2OC(C)=O)[C@H](OC(C)=O)[C@H](OC(C)=O)[C@H]1OC(C)=O. The summed E-state index contributed by atoms with van der Waals surface area (Å²) in [5.41, 5.74) is 0.129. The molecule has 2 aliphatic rings. The fourth-order valence-electron chi connectivity index (χ4n) is 6.23. The number of aromatic amines is 1. The molecule has 2 saturated heterocycles. The predicted octanol–water partition coefficient (Wildman–Crippen LogP) is 0.873. The molecule has 22 nitrogen and oxygen atoms in total. The molecule has 0 saturated carbocycles. The Morgan fingerprint density at radius 1 is 0.638 bits per heavy atom. The van der Waals surface area contributed by atoms with Gasteiger partial charge in [0.15, 0.2) is 54.4 Å². The van der Waals surface area contributed by atoms with E-state index in [-0.39, 0.29) is 29.3 Å². The number of aromatic carboxylic acids is 1. The highest BCUT2D eigenvalue weighted by Crippen LogP contribution is 2.38. The van der Waals surface area contributed by atoms with Gasteiger partial charge in [-0.15, -0.1) is 0 Å². The first-order valence-electron chi connectivity index (χ1n) is 17.6. The molecule has 0 aliphatic carbocycles. The van der Waals surface area contributed by atoms with Gasteiger partial charge in [0.2, 0.25) is 12.4 Å². The van der Waals surface area contributed by atoms with E-state index in [4.69, 9.17) is 56.8 Å². The maximum Gasteiger partial charge on any atom is 0.352 e. The number of nitrogens with one attached hydrogen (secondary N) is 1. The summed E-state index contributed by atoms with van der Waals surface area (Å²) < 4.78 is 67.5. The number of benzene rings is 1. The Balaban J connectivity index is 1.81. The molecule has 1 aromatic heterocycles. The smallest absolute Gasteiger partial charge is 0.352 e. The van der Waals surface area contributed by atoms with E-state index < -0.39 is 116 Å². The zero-order valence-corrected chi connectivity index (χ0v) is 32.5. The Morgan fingerprint density at radius 3 is 1.66 bits per heavy atom. The predicted molar refractivity (Wildman–Crippen MR) is 186 cm³/mol. The third-order valence-corrected chi connectivity index (χ3v) is 8.22. The van der Waals surface area contributed by atoms with Gasteiger partial charge in [0, 0.05) is 53.0 Å². The minimum absolute atomic E-state index is 0.0744. The van der Waals surface area contributed by atoms with Crippen LogP contribution in [0.2, 0.25) is 0 Å². The molecule has 0 bridgehead atoms. The lowest BCUT2D eigenvalue weighted by Gasteiger charge is -2.46. The lowest BCUT2D eigenvalue weighted by atomic mass is 9.97. The number of hydrogen-bond acceptors (Lipinski definition) is 20. The maximum absolute atomic E-state index is 12.9. The van der Waals surface area contributed by atoms with Crippen molar-refractivity contribution in [1.82, 2.24) is 4.98 Å². The van der Waals surface area contributed by atoms with Crippen LogP contribution >= 0.6 is 0 Å². The van der Waals surface area contributed by atoms with Crippen molar-refractivity contribution in [2.75, 3.05) is 20.3 Å². The van der Waals surface area contributed by atoms with Crippen LogP contribution in [0, 0.1) is 0 Å². The fraction of sp³-hybridized carbons (Fsp3) is 0.556. The van der Waals surface area contributed by atoms with E-state index in [0.29, 0.717) is 5.39 Å². The fourth-order valence-corrected chi connectivity index (χ4v) is 6.23. The third kappa shape index (κ3) is 11.1. The van der Waals surface area contributed by atoms with Crippen molar-refractivity contribution in [3.63, 3.8) is 0 Å². The standard InChI is InChI=1S/C36H43NO21/c1-9-48-23-11-20-10-22(33(44)45)37-21(20)12-24(23)56-36-32(55-19(7)43)27(51-15(3)39)26(50-14(2)38)25(57-36)13-49-35-31(54-18(6)42)29(53-17(5)41)28(52-16(4)40)30(58-35)34(46)47-8/h10-12,25-32,35-37H,9,13H2,1-8H3,(H,44,45)/t25-,26+,27+,28+,29+,30-,31-,32-,35-,36-/m1/s1. The second-order valence-electron chi connectivity index (χ2n) is 12.7. The highest BCUT2D eigenvalue weighted by atomic mass is 16.8. The van der Waals surface area contributed by atoms with Gasteiger partial charge in [-0.25, -0.2) is 9.59 Å². The van der Waals surface area contributed by atoms with E-state index in [2.05, 4.69) is 4.98 Å². The Morgan fingerprint density at radius 2 is 1.14 bits per heavy atom.